The number of aryl methyl sites for hydroxylation is 2. The summed E-state index contributed by atoms with van der Waals surface area (Å²) in [5, 5.41) is 0. The Morgan fingerprint density at radius 3 is 2.36 bits per heavy atom. The van der Waals surface area contributed by atoms with Crippen LogP contribution >= 0.6 is 24.0 Å². The van der Waals surface area contributed by atoms with E-state index in [0.29, 0.717) is 9.23 Å². The Hall–Kier alpha value is -2.11. The van der Waals surface area contributed by atoms with Gasteiger partial charge in [0, 0.05) is 19.8 Å². The van der Waals surface area contributed by atoms with E-state index in [1.165, 1.54) is 17.3 Å². The van der Waals surface area contributed by atoms with E-state index in [4.69, 9.17) is 12.2 Å². The van der Waals surface area contributed by atoms with Gasteiger partial charge in [-0.15, -0.1) is 0 Å². The molecule has 0 N–H and O–H groups in total. The highest BCUT2D eigenvalue weighted by molar-refractivity contribution is 8.27. The summed E-state index contributed by atoms with van der Waals surface area (Å²) in [5.74, 6) is -0.0568. The summed E-state index contributed by atoms with van der Waals surface area (Å²) in [7, 11) is 4.01. The molecule has 1 aliphatic rings. The van der Waals surface area contributed by atoms with Crippen molar-refractivity contribution in [2.24, 2.45) is 0 Å². The van der Waals surface area contributed by atoms with Crippen molar-refractivity contribution in [3.8, 4) is 0 Å². The first-order chi connectivity index (χ1) is 11.9. The fourth-order valence-corrected chi connectivity index (χ4v) is 4.04. The van der Waals surface area contributed by atoms with Gasteiger partial charge in [-0.1, -0.05) is 53.8 Å². The maximum atomic E-state index is 12.9. The summed E-state index contributed by atoms with van der Waals surface area (Å²) in [6, 6.07) is 14.1. The molecular formula is C20H20N2OS2. The number of hydrogen-bond donors (Lipinski definition) is 0. The Labute approximate surface area is 158 Å². The van der Waals surface area contributed by atoms with Crippen LogP contribution in [0.15, 0.2) is 47.4 Å². The van der Waals surface area contributed by atoms with E-state index in [-0.39, 0.29) is 5.91 Å². The lowest BCUT2D eigenvalue weighted by atomic mass is 10.1. The summed E-state index contributed by atoms with van der Waals surface area (Å²) >= 11 is 6.81. The normalized spacial score (nSPS) is 16.0. The standard InChI is InChI=1S/C20H20N2OS2/c1-13-5-10-17(14(2)11-13)22-19(23)18(25-20(22)24)12-15-6-8-16(9-7-15)21(3)4/h5-12H,1-4H3/b18-12+. The average molecular weight is 369 g/mol. The van der Waals surface area contributed by atoms with E-state index in [9.17, 15) is 4.79 Å². The lowest BCUT2D eigenvalue weighted by Crippen LogP contribution is -2.28. The number of anilines is 2. The first kappa shape index (κ1) is 17.7. The zero-order valence-electron chi connectivity index (χ0n) is 14.7. The number of amides is 1. The van der Waals surface area contributed by atoms with Crippen LogP contribution < -0.4 is 9.80 Å². The second-order valence-corrected chi connectivity index (χ2v) is 7.97. The Morgan fingerprint density at radius 2 is 1.76 bits per heavy atom. The Kier molecular flexibility index (Phi) is 4.97. The van der Waals surface area contributed by atoms with Crippen LogP contribution in [0.1, 0.15) is 16.7 Å². The molecule has 2 aromatic carbocycles. The smallest absolute Gasteiger partial charge is 0.270 e. The summed E-state index contributed by atoms with van der Waals surface area (Å²) in [6.45, 7) is 4.04. The van der Waals surface area contributed by atoms with Crippen LogP contribution in [-0.2, 0) is 4.79 Å². The molecule has 3 rings (SSSR count). The molecule has 0 aromatic heterocycles. The number of hydrogen-bond acceptors (Lipinski definition) is 4. The highest BCUT2D eigenvalue weighted by atomic mass is 32.2. The van der Waals surface area contributed by atoms with Crippen LogP contribution in [0.2, 0.25) is 0 Å². The number of benzene rings is 2. The molecule has 1 fully saturated rings. The van der Waals surface area contributed by atoms with Crippen LogP contribution in [-0.4, -0.2) is 24.3 Å². The highest BCUT2D eigenvalue weighted by Crippen LogP contribution is 2.37. The molecule has 5 heteroatoms. The SMILES string of the molecule is Cc1ccc(N2C(=O)/C(=C\c3ccc(N(C)C)cc3)SC2=S)c(C)c1. The van der Waals surface area contributed by atoms with Gasteiger partial charge in [-0.2, -0.15) is 0 Å². The minimum atomic E-state index is -0.0568. The lowest BCUT2D eigenvalue weighted by molar-refractivity contribution is -0.113. The van der Waals surface area contributed by atoms with Gasteiger partial charge in [-0.3, -0.25) is 9.69 Å². The van der Waals surface area contributed by atoms with E-state index in [1.807, 2.05) is 75.3 Å². The molecule has 25 heavy (non-hydrogen) atoms. The molecule has 0 aliphatic carbocycles. The third-order valence-electron chi connectivity index (χ3n) is 4.09. The van der Waals surface area contributed by atoms with Crippen LogP contribution in [0.25, 0.3) is 6.08 Å². The highest BCUT2D eigenvalue weighted by Gasteiger charge is 2.33. The molecule has 1 saturated heterocycles. The van der Waals surface area contributed by atoms with Gasteiger partial charge in [0.1, 0.15) is 0 Å². The van der Waals surface area contributed by atoms with Crippen molar-refractivity contribution < 1.29 is 4.79 Å². The van der Waals surface area contributed by atoms with Gasteiger partial charge in [0.25, 0.3) is 5.91 Å². The van der Waals surface area contributed by atoms with E-state index in [0.717, 1.165) is 22.5 Å². The summed E-state index contributed by atoms with van der Waals surface area (Å²) in [6.07, 6.45) is 1.91. The quantitative estimate of drug-likeness (QED) is 0.575. The maximum Gasteiger partial charge on any atom is 0.270 e. The first-order valence-electron chi connectivity index (χ1n) is 7.99. The minimum absolute atomic E-state index is 0.0568. The maximum absolute atomic E-state index is 12.9. The molecule has 1 amide bonds. The van der Waals surface area contributed by atoms with Crippen molar-refractivity contribution in [2.45, 2.75) is 13.8 Å². The number of thioether (sulfide) groups is 1. The van der Waals surface area contributed by atoms with E-state index >= 15 is 0 Å². The zero-order chi connectivity index (χ0) is 18.1. The van der Waals surface area contributed by atoms with Crippen LogP contribution in [0.4, 0.5) is 11.4 Å². The monoisotopic (exact) mass is 368 g/mol. The van der Waals surface area contributed by atoms with E-state index < -0.39 is 0 Å². The molecule has 0 spiro atoms. The minimum Gasteiger partial charge on any atom is -0.378 e. The molecule has 1 heterocycles. The Balaban J connectivity index is 1.90. The molecule has 0 bridgehead atoms. The van der Waals surface area contributed by atoms with Gasteiger partial charge in [0.15, 0.2) is 4.32 Å². The number of thiocarbonyl (C=S) groups is 1. The fourth-order valence-electron chi connectivity index (χ4n) is 2.75. The third kappa shape index (κ3) is 3.62. The Morgan fingerprint density at radius 1 is 1.08 bits per heavy atom. The topological polar surface area (TPSA) is 23.6 Å². The summed E-state index contributed by atoms with van der Waals surface area (Å²) in [5.41, 5.74) is 5.20. The molecule has 3 nitrogen and oxygen atoms in total. The first-order valence-corrected chi connectivity index (χ1v) is 9.22. The van der Waals surface area contributed by atoms with Crippen LogP contribution in [0.3, 0.4) is 0 Å². The molecule has 0 radical (unpaired) electrons. The predicted molar refractivity (Wildman–Crippen MR) is 112 cm³/mol. The molecule has 0 unspecified atom stereocenters. The van der Waals surface area contributed by atoms with Crippen molar-refractivity contribution in [1.82, 2.24) is 0 Å². The van der Waals surface area contributed by atoms with Crippen LogP contribution in [0, 0.1) is 13.8 Å². The van der Waals surface area contributed by atoms with Crippen molar-refractivity contribution in [1.29, 1.82) is 0 Å². The van der Waals surface area contributed by atoms with Crippen molar-refractivity contribution in [2.75, 3.05) is 23.9 Å². The number of carbonyl (C=O) groups excluding carboxylic acids is 1. The van der Waals surface area contributed by atoms with Crippen LogP contribution in [0.5, 0.6) is 0 Å². The summed E-state index contributed by atoms with van der Waals surface area (Å²) < 4.78 is 0.577. The van der Waals surface area contributed by atoms with Gasteiger partial charge >= 0.3 is 0 Å². The van der Waals surface area contributed by atoms with Gasteiger partial charge in [-0.25, -0.2) is 0 Å². The third-order valence-corrected chi connectivity index (χ3v) is 5.40. The number of rotatable bonds is 3. The number of carbonyl (C=O) groups is 1. The molecule has 0 atom stereocenters. The average Bonchev–Trinajstić information content (AvgIpc) is 2.82. The zero-order valence-corrected chi connectivity index (χ0v) is 16.4. The second-order valence-electron chi connectivity index (χ2n) is 6.29. The fraction of sp³-hybridized carbons (Fsp3) is 0.200. The van der Waals surface area contributed by atoms with E-state index in [1.54, 1.807) is 4.90 Å². The molecule has 128 valence electrons. The lowest BCUT2D eigenvalue weighted by Gasteiger charge is -2.17. The van der Waals surface area contributed by atoms with Crippen molar-refractivity contribution in [3.63, 3.8) is 0 Å². The van der Waals surface area contributed by atoms with Gasteiger partial charge < -0.3 is 4.90 Å². The molecule has 1 aliphatic heterocycles. The molecular weight excluding hydrogens is 348 g/mol. The van der Waals surface area contributed by atoms with Crippen molar-refractivity contribution >= 4 is 51.7 Å². The second kappa shape index (κ2) is 7.02. The van der Waals surface area contributed by atoms with Gasteiger partial charge in [-0.05, 0) is 49.2 Å². The number of nitrogens with zero attached hydrogens (tertiary/aromatic N) is 2. The van der Waals surface area contributed by atoms with Gasteiger partial charge in [0.2, 0.25) is 0 Å². The molecule has 2 aromatic rings. The largest absolute Gasteiger partial charge is 0.378 e. The van der Waals surface area contributed by atoms with Gasteiger partial charge in [0.05, 0.1) is 10.6 Å². The van der Waals surface area contributed by atoms with E-state index in [2.05, 4.69) is 6.07 Å². The van der Waals surface area contributed by atoms with Crippen molar-refractivity contribution in [3.05, 3.63) is 64.1 Å². The Bertz CT molecular complexity index is 870. The predicted octanol–water partition coefficient (Wildman–Crippen LogP) is 4.78. The summed E-state index contributed by atoms with van der Waals surface area (Å²) in [4.78, 5) is 17.2. The molecule has 0 saturated carbocycles.